The smallest absolute Gasteiger partial charge is 0.165 e. The summed E-state index contributed by atoms with van der Waals surface area (Å²) in [6.45, 7) is 4.82. The first-order chi connectivity index (χ1) is 8.88. The number of aliphatic hydroxyl groups excluding tert-OH is 1. The summed E-state index contributed by atoms with van der Waals surface area (Å²) >= 11 is 0. The molecule has 0 heterocycles. The van der Waals surface area contributed by atoms with Gasteiger partial charge in [0, 0.05) is 18.7 Å². The van der Waals surface area contributed by atoms with Crippen LogP contribution in [0.2, 0.25) is 0 Å². The van der Waals surface area contributed by atoms with E-state index in [9.17, 15) is 14.3 Å². The molecule has 0 spiro atoms. The molecule has 19 heavy (non-hydrogen) atoms. The van der Waals surface area contributed by atoms with E-state index < -0.39 is 5.92 Å². The van der Waals surface area contributed by atoms with Gasteiger partial charge in [0.1, 0.15) is 11.6 Å². The van der Waals surface area contributed by atoms with Crippen molar-refractivity contribution < 1.29 is 14.3 Å². The van der Waals surface area contributed by atoms with E-state index in [0.29, 0.717) is 5.71 Å². The van der Waals surface area contributed by atoms with E-state index in [-0.39, 0.29) is 22.9 Å². The molecule has 0 aliphatic rings. The quantitative estimate of drug-likeness (QED) is 0.514. The first-order valence-electron chi connectivity index (χ1n) is 6.01. The summed E-state index contributed by atoms with van der Waals surface area (Å²) in [5.74, 6) is -1.01. The van der Waals surface area contributed by atoms with Gasteiger partial charge < -0.3 is 5.11 Å². The van der Waals surface area contributed by atoms with Gasteiger partial charge in [0.05, 0.1) is 5.57 Å². The first kappa shape index (κ1) is 15.1. The SMILES string of the molecule is CN=C(C)C(C(C)=O)=C(O)C(C)c1ccc(F)cc1. The second kappa shape index (κ2) is 6.27. The highest BCUT2D eigenvalue weighted by Crippen LogP contribution is 2.25. The van der Waals surface area contributed by atoms with Gasteiger partial charge in [0.15, 0.2) is 5.78 Å². The largest absolute Gasteiger partial charge is 0.511 e. The molecule has 1 aromatic carbocycles. The molecule has 0 aliphatic heterocycles. The molecule has 1 unspecified atom stereocenters. The zero-order chi connectivity index (χ0) is 14.6. The number of hydrogen-bond acceptors (Lipinski definition) is 3. The fourth-order valence-corrected chi connectivity index (χ4v) is 1.86. The molecule has 0 saturated heterocycles. The summed E-state index contributed by atoms with van der Waals surface area (Å²) in [6, 6.07) is 5.83. The van der Waals surface area contributed by atoms with Crippen LogP contribution in [0.5, 0.6) is 0 Å². The van der Waals surface area contributed by atoms with E-state index in [1.165, 1.54) is 19.1 Å². The molecule has 0 saturated carbocycles. The van der Waals surface area contributed by atoms with Gasteiger partial charge in [0.25, 0.3) is 0 Å². The Hall–Kier alpha value is -1.97. The Morgan fingerprint density at radius 2 is 1.79 bits per heavy atom. The molecule has 1 N–H and O–H groups in total. The highest BCUT2D eigenvalue weighted by atomic mass is 19.1. The highest BCUT2D eigenvalue weighted by Gasteiger charge is 2.20. The van der Waals surface area contributed by atoms with Crippen molar-refractivity contribution in [3.63, 3.8) is 0 Å². The molecule has 102 valence electrons. The van der Waals surface area contributed by atoms with Gasteiger partial charge in [-0.3, -0.25) is 9.79 Å². The molecule has 1 atom stereocenters. The van der Waals surface area contributed by atoms with Gasteiger partial charge in [-0.1, -0.05) is 19.1 Å². The molecule has 0 fully saturated rings. The third kappa shape index (κ3) is 3.50. The molecule has 1 aromatic rings. The molecule has 0 bridgehead atoms. The lowest BCUT2D eigenvalue weighted by Gasteiger charge is -2.15. The Morgan fingerprint density at radius 1 is 1.26 bits per heavy atom. The third-order valence-electron chi connectivity index (χ3n) is 3.09. The van der Waals surface area contributed by atoms with Crippen molar-refractivity contribution in [1.82, 2.24) is 0 Å². The minimum absolute atomic E-state index is 0.0396. The zero-order valence-electron chi connectivity index (χ0n) is 11.6. The fraction of sp³-hybridized carbons (Fsp3) is 0.333. The van der Waals surface area contributed by atoms with E-state index in [4.69, 9.17) is 0 Å². The number of Topliss-reactive ketones (excluding diaryl/α,β-unsaturated/α-hetero) is 1. The average Bonchev–Trinajstić information content (AvgIpc) is 2.38. The summed E-state index contributed by atoms with van der Waals surface area (Å²) in [6.07, 6.45) is 0. The lowest BCUT2D eigenvalue weighted by molar-refractivity contribution is -0.113. The number of aliphatic hydroxyl groups is 1. The molecule has 3 nitrogen and oxygen atoms in total. The van der Waals surface area contributed by atoms with Gasteiger partial charge in [0.2, 0.25) is 0 Å². The monoisotopic (exact) mass is 263 g/mol. The van der Waals surface area contributed by atoms with E-state index in [1.807, 2.05) is 0 Å². The summed E-state index contributed by atoms with van der Waals surface area (Å²) in [5, 5.41) is 10.3. The third-order valence-corrected chi connectivity index (χ3v) is 3.09. The van der Waals surface area contributed by atoms with Gasteiger partial charge in [-0.15, -0.1) is 0 Å². The lowest BCUT2D eigenvalue weighted by Crippen LogP contribution is -2.13. The zero-order valence-corrected chi connectivity index (χ0v) is 11.6. The van der Waals surface area contributed by atoms with Gasteiger partial charge in [-0.05, 0) is 31.5 Å². The van der Waals surface area contributed by atoms with Crippen LogP contribution in [0.15, 0.2) is 40.6 Å². The van der Waals surface area contributed by atoms with E-state index in [1.54, 1.807) is 33.0 Å². The summed E-state index contributed by atoms with van der Waals surface area (Å²) in [5.41, 5.74) is 1.44. The number of benzene rings is 1. The average molecular weight is 263 g/mol. The second-order valence-corrected chi connectivity index (χ2v) is 4.40. The van der Waals surface area contributed by atoms with Crippen molar-refractivity contribution in [2.45, 2.75) is 26.7 Å². The number of hydrogen-bond donors (Lipinski definition) is 1. The number of aliphatic imine (C=N–C) groups is 1. The molecular weight excluding hydrogens is 245 g/mol. The van der Waals surface area contributed by atoms with Crippen molar-refractivity contribution >= 4 is 11.5 Å². The minimum Gasteiger partial charge on any atom is -0.511 e. The van der Waals surface area contributed by atoms with E-state index >= 15 is 0 Å². The maximum Gasteiger partial charge on any atom is 0.165 e. The highest BCUT2D eigenvalue weighted by molar-refractivity contribution is 6.21. The maximum atomic E-state index is 12.9. The predicted octanol–water partition coefficient (Wildman–Crippen LogP) is 3.42. The Bertz CT molecular complexity index is 530. The summed E-state index contributed by atoms with van der Waals surface area (Å²) < 4.78 is 12.9. The van der Waals surface area contributed by atoms with Crippen molar-refractivity contribution in [1.29, 1.82) is 0 Å². The Balaban J connectivity index is 3.24. The van der Waals surface area contributed by atoms with Crippen LogP contribution in [-0.4, -0.2) is 23.6 Å². The number of halogens is 1. The van der Waals surface area contributed by atoms with Crippen LogP contribution in [0.1, 0.15) is 32.3 Å². The number of carbonyl (C=O) groups excluding carboxylic acids is 1. The van der Waals surface area contributed by atoms with Crippen LogP contribution >= 0.6 is 0 Å². The Labute approximate surface area is 112 Å². The molecular formula is C15H18FNO2. The standard InChI is InChI=1S/C15H18FNO2/c1-9(12-5-7-13(16)8-6-12)15(19)14(11(3)18)10(2)17-4/h5-9,19H,1-4H3. The van der Waals surface area contributed by atoms with Crippen molar-refractivity contribution in [2.24, 2.45) is 4.99 Å². The number of rotatable bonds is 4. The van der Waals surface area contributed by atoms with Crippen LogP contribution in [0, 0.1) is 5.82 Å². The summed E-state index contributed by atoms with van der Waals surface area (Å²) in [4.78, 5) is 15.6. The maximum absolute atomic E-state index is 12.9. The predicted molar refractivity (Wildman–Crippen MR) is 74.2 cm³/mol. The molecule has 0 amide bonds. The number of nitrogens with zero attached hydrogens (tertiary/aromatic N) is 1. The first-order valence-corrected chi connectivity index (χ1v) is 6.01. The fourth-order valence-electron chi connectivity index (χ4n) is 1.86. The van der Waals surface area contributed by atoms with E-state index in [0.717, 1.165) is 5.56 Å². The molecule has 4 heteroatoms. The molecule has 0 aliphatic carbocycles. The van der Waals surface area contributed by atoms with Crippen LogP contribution in [-0.2, 0) is 4.79 Å². The normalized spacial score (nSPS) is 14.9. The second-order valence-electron chi connectivity index (χ2n) is 4.40. The van der Waals surface area contributed by atoms with Crippen molar-refractivity contribution in [3.05, 3.63) is 47.0 Å². The topological polar surface area (TPSA) is 49.7 Å². The number of carbonyl (C=O) groups is 1. The Kier molecular flexibility index (Phi) is 4.98. The number of allylic oxidation sites excluding steroid dienone is 2. The lowest BCUT2D eigenvalue weighted by atomic mass is 9.93. The minimum atomic E-state index is -0.392. The van der Waals surface area contributed by atoms with Gasteiger partial charge in [-0.25, -0.2) is 4.39 Å². The van der Waals surface area contributed by atoms with Crippen LogP contribution in [0.3, 0.4) is 0 Å². The van der Waals surface area contributed by atoms with Crippen molar-refractivity contribution in [3.8, 4) is 0 Å². The van der Waals surface area contributed by atoms with Crippen LogP contribution in [0.4, 0.5) is 4.39 Å². The van der Waals surface area contributed by atoms with Crippen LogP contribution in [0.25, 0.3) is 0 Å². The van der Waals surface area contributed by atoms with Gasteiger partial charge in [-0.2, -0.15) is 0 Å². The molecule has 0 radical (unpaired) electrons. The number of ketones is 1. The van der Waals surface area contributed by atoms with Gasteiger partial charge >= 0.3 is 0 Å². The van der Waals surface area contributed by atoms with Crippen LogP contribution < -0.4 is 0 Å². The summed E-state index contributed by atoms with van der Waals surface area (Å²) in [7, 11) is 1.56. The molecule has 0 aromatic heterocycles. The van der Waals surface area contributed by atoms with E-state index in [2.05, 4.69) is 4.99 Å². The Morgan fingerprint density at radius 3 is 2.21 bits per heavy atom. The van der Waals surface area contributed by atoms with Crippen molar-refractivity contribution in [2.75, 3.05) is 7.05 Å². The molecule has 1 rings (SSSR count).